The predicted octanol–water partition coefficient (Wildman–Crippen LogP) is 5.54. The minimum atomic E-state index is -0.209. The molecule has 21 heavy (non-hydrogen) atoms. The molecule has 0 spiro atoms. The van der Waals surface area contributed by atoms with Crippen LogP contribution in [0.15, 0.2) is 42.5 Å². The summed E-state index contributed by atoms with van der Waals surface area (Å²) in [5.74, 6) is -0.209. The van der Waals surface area contributed by atoms with Gasteiger partial charge in [0.2, 0.25) is 0 Å². The van der Waals surface area contributed by atoms with Crippen molar-refractivity contribution >= 4 is 34.8 Å². The summed E-state index contributed by atoms with van der Waals surface area (Å²) in [7, 11) is 0. The van der Waals surface area contributed by atoms with Crippen LogP contribution in [0.1, 0.15) is 36.7 Å². The van der Waals surface area contributed by atoms with E-state index in [-0.39, 0.29) is 11.3 Å². The zero-order chi connectivity index (χ0) is 15.6. The Morgan fingerprint density at radius 3 is 2.19 bits per heavy atom. The number of rotatable bonds is 2. The number of nitrogens with one attached hydrogen (secondary N) is 1. The van der Waals surface area contributed by atoms with Crippen molar-refractivity contribution in [3.05, 3.63) is 63.6 Å². The molecule has 0 fully saturated rings. The highest BCUT2D eigenvalue weighted by Gasteiger charge is 2.15. The Morgan fingerprint density at radius 2 is 1.62 bits per heavy atom. The molecule has 0 aliphatic carbocycles. The number of benzene rings is 2. The van der Waals surface area contributed by atoms with E-state index >= 15 is 0 Å². The van der Waals surface area contributed by atoms with Crippen LogP contribution < -0.4 is 5.32 Å². The van der Waals surface area contributed by atoms with Gasteiger partial charge in [-0.05, 0) is 35.2 Å². The smallest absolute Gasteiger partial charge is 0.255 e. The van der Waals surface area contributed by atoms with Crippen LogP contribution in [0, 0.1) is 0 Å². The summed E-state index contributed by atoms with van der Waals surface area (Å²) < 4.78 is 0. The lowest BCUT2D eigenvalue weighted by atomic mass is 9.87. The first-order valence-corrected chi connectivity index (χ1v) is 7.40. The fourth-order valence-electron chi connectivity index (χ4n) is 1.92. The van der Waals surface area contributed by atoms with Gasteiger partial charge in [0.05, 0.1) is 15.7 Å². The third-order valence-electron chi connectivity index (χ3n) is 3.21. The van der Waals surface area contributed by atoms with E-state index in [9.17, 15) is 4.79 Å². The fourth-order valence-corrected chi connectivity index (χ4v) is 2.26. The van der Waals surface area contributed by atoms with Crippen molar-refractivity contribution in [2.45, 2.75) is 26.2 Å². The number of hydrogen-bond donors (Lipinski definition) is 1. The molecule has 0 aliphatic heterocycles. The second-order valence-electron chi connectivity index (χ2n) is 5.88. The average molecular weight is 322 g/mol. The topological polar surface area (TPSA) is 29.1 Å². The maximum absolute atomic E-state index is 12.2. The Morgan fingerprint density at radius 1 is 1.00 bits per heavy atom. The summed E-state index contributed by atoms with van der Waals surface area (Å²) in [6, 6.07) is 12.7. The van der Waals surface area contributed by atoms with Gasteiger partial charge in [0.1, 0.15) is 0 Å². The Hall–Kier alpha value is -1.51. The van der Waals surface area contributed by atoms with Gasteiger partial charge in [-0.2, -0.15) is 0 Å². The molecule has 2 rings (SSSR count). The van der Waals surface area contributed by atoms with Crippen LogP contribution >= 0.6 is 23.2 Å². The maximum atomic E-state index is 12.2. The zero-order valence-electron chi connectivity index (χ0n) is 12.2. The molecule has 4 heteroatoms. The molecule has 0 saturated carbocycles. The lowest BCUT2D eigenvalue weighted by molar-refractivity contribution is 0.102. The molecule has 110 valence electrons. The van der Waals surface area contributed by atoms with Crippen LogP contribution in [0.4, 0.5) is 5.69 Å². The van der Waals surface area contributed by atoms with Gasteiger partial charge in [0, 0.05) is 5.56 Å². The van der Waals surface area contributed by atoms with E-state index in [2.05, 4.69) is 26.1 Å². The third-order valence-corrected chi connectivity index (χ3v) is 4.03. The molecule has 1 N–H and O–H groups in total. The van der Waals surface area contributed by atoms with Crippen LogP contribution in [0.2, 0.25) is 10.0 Å². The van der Waals surface area contributed by atoms with E-state index in [1.165, 1.54) is 5.56 Å². The summed E-state index contributed by atoms with van der Waals surface area (Å²) in [5, 5.41) is 3.53. The van der Waals surface area contributed by atoms with Gasteiger partial charge in [0.25, 0.3) is 5.91 Å². The second-order valence-corrected chi connectivity index (χ2v) is 6.67. The molecule has 2 aromatic rings. The number of hydrogen-bond acceptors (Lipinski definition) is 1. The molecule has 0 bridgehead atoms. The zero-order valence-corrected chi connectivity index (χ0v) is 13.7. The Kier molecular flexibility index (Phi) is 4.60. The van der Waals surface area contributed by atoms with Crippen LogP contribution in [-0.4, -0.2) is 5.91 Å². The van der Waals surface area contributed by atoms with Crippen molar-refractivity contribution in [3.63, 3.8) is 0 Å². The summed E-state index contributed by atoms with van der Waals surface area (Å²) in [6.45, 7) is 6.40. The van der Waals surface area contributed by atoms with Crippen molar-refractivity contribution in [2.24, 2.45) is 0 Å². The van der Waals surface area contributed by atoms with Crippen molar-refractivity contribution < 1.29 is 4.79 Å². The molecule has 2 aromatic carbocycles. The molecule has 0 unspecified atom stereocenters. The molecule has 0 aliphatic rings. The minimum Gasteiger partial charge on any atom is -0.321 e. The normalized spacial score (nSPS) is 11.3. The van der Waals surface area contributed by atoms with E-state index in [0.717, 1.165) is 0 Å². The van der Waals surface area contributed by atoms with Gasteiger partial charge in [-0.25, -0.2) is 0 Å². The van der Waals surface area contributed by atoms with E-state index < -0.39 is 0 Å². The van der Waals surface area contributed by atoms with Crippen LogP contribution in [0.5, 0.6) is 0 Å². The lowest BCUT2D eigenvalue weighted by Crippen LogP contribution is -2.14. The molecule has 1 amide bonds. The first kappa shape index (κ1) is 15.9. The largest absolute Gasteiger partial charge is 0.321 e. The Bertz CT molecular complexity index is 657. The van der Waals surface area contributed by atoms with Gasteiger partial charge in [-0.1, -0.05) is 62.2 Å². The van der Waals surface area contributed by atoms with E-state index in [1.54, 1.807) is 18.2 Å². The Labute approximate surface area is 135 Å². The summed E-state index contributed by atoms with van der Waals surface area (Å²) in [6.07, 6.45) is 0. The van der Waals surface area contributed by atoms with E-state index in [1.807, 2.05) is 24.3 Å². The van der Waals surface area contributed by atoms with Gasteiger partial charge in [-0.3, -0.25) is 4.79 Å². The first-order chi connectivity index (χ1) is 9.79. The maximum Gasteiger partial charge on any atom is 0.255 e. The van der Waals surface area contributed by atoms with Crippen LogP contribution in [0.25, 0.3) is 0 Å². The molecule has 0 aromatic heterocycles. The fraction of sp³-hybridized carbons (Fsp3) is 0.235. The number of carbonyl (C=O) groups is 1. The van der Waals surface area contributed by atoms with Crippen molar-refractivity contribution in [3.8, 4) is 0 Å². The molecular formula is C17H17Cl2NO. The SMILES string of the molecule is CC(C)(C)c1ccc(C(=O)Nc2cccc(Cl)c2Cl)cc1. The summed E-state index contributed by atoms with van der Waals surface area (Å²) in [4.78, 5) is 12.2. The highest BCUT2D eigenvalue weighted by Crippen LogP contribution is 2.30. The molecule has 2 nitrogen and oxygen atoms in total. The van der Waals surface area contributed by atoms with E-state index in [0.29, 0.717) is 21.3 Å². The standard InChI is InChI=1S/C17H17Cl2NO/c1-17(2,3)12-9-7-11(8-10-12)16(21)20-14-6-4-5-13(18)15(14)19/h4-10H,1-3H3,(H,20,21). The number of halogens is 2. The summed E-state index contributed by atoms with van der Waals surface area (Å²) >= 11 is 12.0. The molecule has 0 atom stereocenters. The molecule has 0 heterocycles. The highest BCUT2D eigenvalue weighted by molar-refractivity contribution is 6.44. The lowest BCUT2D eigenvalue weighted by Gasteiger charge is -2.19. The van der Waals surface area contributed by atoms with Crippen molar-refractivity contribution in [2.75, 3.05) is 5.32 Å². The monoisotopic (exact) mass is 321 g/mol. The van der Waals surface area contributed by atoms with Gasteiger partial charge < -0.3 is 5.32 Å². The molecule has 0 radical (unpaired) electrons. The van der Waals surface area contributed by atoms with Crippen molar-refractivity contribution in [1.82, 2.24) is 0 Å². The second kappa shape index (κ2) is 6.08. The number of amides is 1. The van der Waals surface area contributed by atoms with Crippen molar-refractivity contribution in [1.29, 1.82) is 0 Å². The quantitative estimate of drug-likeness (QED) is 0.772. The summed E-state index contributed by atoms with van der Waals surface area (Å²) in [5.41, 5.74) is 2.33. The predicted molar refractivity (Wildman–Crippen MR) is 89.6 cm³/mol. The minimum absolute atomic E-state index is 0.0608. The van der Waals surface area contributed by atoms with Crippen LogP contribution in [0.3, 0.4) is 0 Å². The number of anilines is 1. The number of carbonyl (C=O) groups excluding carboxylic acids is 1. The van der Waals surface area contributed by atoms with Gasteiger partial charge in [-0.15, -0.1) is 0 Å². The molecule has 0 saturated heterocycles. The Balaban J connectivity index is 2.19. The van der Waals surface area contributed by atoms with Crippen LogP contribution in [-0.2, 0) is 5.41 Å². The highest BCUT2D eigenvalue weighted by atomic mass is 35.5. The van der Waals surface area contributed by atoms with E-state index in [4.69, 9.17) is 23.2 Å². The third kappa shape index (κ3) is 3.78. The average Bonchev–Trinajstić information content (AvgIpc) is 2.43. The van der Waals surface area contributed by atoms with Gasteiger partial charge in [0.15, 0.2) is 0 Å². The first-order valence-electron chi connectivity index (χ1n) is 6.65. The molecular weight excluding hydrogens is 305 g/mol. The van der Waals surface area contributed by atoms with Gasteiger partial charge >= 0.3 is 0 Å².